The van der Waals surface area contributed by atoms with Crippen LogP contribution >= 0.6 is 11.6 Å². The number of para-hydroxylation sites is 1. The summed E-state index contributed by atoms with van der Waals surface area (Å²) in [5, 5.41) is 2.90. The number of fused-ring (bicyclic) bond motifs is 1. The molecule has 1 atom stereocenters. The zero-order chi connectivity index (χ0) is 24.2. The molecule has 4 aromatic rings. The third kappa shape index (κ3) is 5.26. The molecule has 2 heterocycles. The number of carbonyl (C=O) groups is 2. The van der Waals surface area contributed by atoms with Gasteiger partial charge in [-0.15, -0.1) is 4.57 Å². The van der Waals surface area contributed by atoms with Crippen LogP contribution in [0.15, 0.2) is 70.0 Å². The molecule has 34 heavy (non-hydrogen) atoms. The van der Waals surface area contributed by atoms with Crippen molar-refractivity contribution in [3.05, 3.63) is 93.1 Å². The standard InChI is InChI=1S/C24H20ClN3O6/c1-14-10-21-26-17(12-22(29)28(21)34-14)13-32-24(31)16-8-9-19(25)20(11-16)27-23(30)15(2)33-18-6-4-3-5-7-18/h3-12,15H,13H2,1-2H3,(H,27,30)/t15-/m0/s1. The minimum Gasteiger partial charge on any atom is -0.481 e. The monoisotopic (exact) mass is 481 g/mol. The van der Waals surface area contributed by atoms with Crippen molar-refractivity contribution < 1.29 is 23.6 Å². The van der Waals surface area contributed by atoms with Gasteiger partial charge in [-0.2, -0.15) is 0 Å². The van der Waals surface area contributed by atoms with Gasteiger partial charge in [0.25, 0.3) is 11.5 Å². The van der Waals surface area contributed by atoms with Crippen LogP contribution in [-0.2, 0) is 16.1 Å². The number of carbonyl (C=O) groups excluding carboxylic acids is 2. The molecule has 0 spiro atoms. The van der Waals surface area contributed by atoms with E-state index in [2.05, 4.69) is 10.3 Å². The number of ether oxygens (including phenoxy) is 2. The van der Waals surface area contributed by atoms with Gasteiger partial charge < -0.3 is 19.3 Å². The molecule has 10 heteroatoms. The van der Waals surface area contributed by atoms with Gasteiger partial charge in [-0.25, -0.2) is 9.78 Å². The number of nitrogens with zero attached hydrogens (tertiary/aromatic N) is 2. The van der Waals surface area contributed by atoms with Crippen LogP contribution in [0.5, 0.6) is 5.75 Å². The van der Waals surface area contributed by atoms with E-state index < -0.39 is 23.5 Å². The largest absolute Gasteiger partial charge is 0.481 e. The number of amides is 1. The van der Waals surface area contributed by atoms with Gasteiger partial charge in [-0.3, -0.25) is 9.59 Å². The van der Waals surface area contributed by atoms with Crippen LogP contribution in [0.25, 0.3) is 5.65 Å². The molecule has 9 nitrogen and oxygen atoms in total. The first-order chi connectivity index (χ1) is 16.3. The molecule has 1 N–H and O–H groups in total. The second-order valence-electron chi connectivity index (χ2n) is 7.42. The SMILES string of the molecule is Cc1cc2nc(COC(=O)c3ccc(Cl)c(NC(=O)[C@H](C)Oc4ccccc4)c3)cc(=O)n2o1. The minimum absolute atomic E-state index is 0.160. The molecule has 0 aliphatic carbocycles. The molecule has 2 aromatic carbocycles. The molecule has 2 aromatic heterocycles. The van der Waals surface area contributed by atoms with Gasteiger partial charge in [0, 0.05) is 12.1 Å². The molecule has 0 fully saturated rings. The number of aromatic nitrogens is 2. The Morgan fingerprint density at radius 1 is 1.15 bits per heavy atom. The Balaban J connectivity index is 1.42. The smallest absolute Gasteiger partial charge is 0.338 e. The lowest BCUT2D eigenvalue weighted by Gasteiger charge is -2.15. The average molecular weight is 482 g/mol. The number of anilines is 1. The molecule has 174 valence electrons. The number of nitrogens with one attached hydrogen (secondary N) is 1. The van der Waals surface area contributed by atoms with Crippen LogP contribution in [0.3, 0.4) is 0 Å². The van der Waals surface area contributed by atoms with Gasteiger partial charge in [0.1, 0.15) is 18.1 Å². The molecule has 0 aliphatic rings. The van der Waals surface area contributed by atoms with E-state index in [-0.39, 0.29) is 28.6 Å². The van der Waals surface area contributed by atoms with Gasteiger partial charge >= 0.3 is 5.97 Å². The number of hydrogen-bond acceptors (Lipinski definition) is 7. The molecule has 4 rings (SSSR count). The lowest BCUT2D eigenvalue weighted by molar-refractivity contribution is -0.122. The number of halogens is 1. The van der Waals surface area contributed by atoms with Gasteiger partial charge in [0.2, 0.25) is 0 Å². The third-order valence-electron chi connectivity index (χ3n) is 4.76. The van der Waals surface area contributed by atoms with Gasteiger partial charge in [0.15, 0.2) is 11.8 Å². The highest BCUT2D eigenvalue weighted by molar-refractivity contribution is 6.33. The summed E-state index contributed by atoms with van der Waals surface area (Å²) < 4.78 is 17.2. The maximum absolute atomic E-state index is 12.6. The molecule has 0 unspecified atom stereocenters. The summed E-state index contributed by atoms with van der Waals surface area (Å²) in [4.78, 5) is 41.5. The lowest BCUT2D eigenvalue weighted by atomic mass is 10.2. The summed E-state index contributed by atoms with van der Waals surface area (Å²) in [6.45, 7) is 3.07. The maximum atomic E-state index is 12.6. The highest BCUT2D eigenvalue weighted by Gasteiger charge is 2.18. The van der Waals surface area contributed by atoms with Crippen molar-refractivity contribution in [1.82, 2.24) is 9.56 Å². The van der Waals surface area contributed by atoms with Crippen molar-refractivity contribution in [3.8, 4) is 5.75 Å². The number of benzene rings is 2. The van der Waals surface area contributed by atoms with Crippen molar-refractivity contribution in [1.29, 1.82) is 0 Å². The molecule has 0 radical (unpaired) electrons. The third-order valence-corrected chi connectivity index (χ3v) is 5.09. The van der Waals surface area contributed by atoms with Crippen LogP contribution in [-0.4, -0.2) is 27.5 Å². The Morgan fingerprint density at radius 3 is 2.68 bits per heavy atom. The highest BCUT2D eigenvalue weighted by Crippen LogP contribution is 2.24. The molecule has 0 saturated carbocycles. The fourth-order valence-corrected chi connectivity index (χ4v) is 3.27. The summed E-state index contributed by atoms with van der Waals surface area (Å²) in [5.41, 5.74) is 0.560. The van der Waals surface area contributed by atoms with E-state index in [0.717, 1.165) is 4.57 Å². The number of rotatable bonds is 7. The van der Waals surface area contributed by atoms with Crippen molar-refractivity contribution >= 4 is 34.8 Å². The van der Waals surface area contributed by atoms with Gasteiger partial charge in [-0.05, 0) is 44.2 Å². The maximum Gasteiger partial charge on any atom is 0.338 e. The normalized spacial score (nSPS) is 11.7. The van der Waals surface area contributed by atoms with Crippen LogP contribution < -0.4 is 15.6 Å². The Kier molecular flexibility index (Phi) is 6.65. The van der Waals surface area contributed by atoms with Crippen LogP contribution in [0.4, 0.5) is 5.69 Å². The Morgan fingerprint density at radius 2 is 1.91 bits per heavy atom. The quantitative estimate of drug-likeness (QED) is 0.397. The minimum atomic E-state index is -0.805. The van der Waals surface area contributed by atoms with Crippen LogP contribution in [0, 0.1) is 6.92 Å². The highest BCUT2D eigenvalue weighted by atomic mass is 35.5. The molecular formula is C24H20ClN3O6. The first kappa shape index (κ1) is 23.1. The average Bonchev–Trinajstić information content (AvgIpc) is 3.20. The zero-order valence-corrected chi connectivity index (χ0v) is 19.0. The number of aryl methyl sites for hydroxylation is 1. The van der Waals surface area contributed by atoms with E-state index in [1.165, 1.54) is 24.3 Å². The summed E-state index contributed by atoms with van der Waals surface area (Å²) in [5.74, 6) is -0.0423. The summed E-state index contributed by atoms with van der Waals surface area (Å²) in [6, 6.07) is 16.1. The lowest BCUT2D eigenvalue weighted by Crippen LogP contribution is -2.30. The van der Waals surface area contributed by atoms with E-state index in [4.69, 9.17) is 25.6 Å². The topological polar surface area (TPSA) is 112 Å². The van der Waals surface area contributed by atoms with Crippen LogP contribution in [0.2, 0.25) is 5.02 Å². The van der Waals surface area contributed by atoms with E-state index >= 15 is 0 Å². The summed E-state index contributed by atoms with van der Waals surface area (Å²) in [7, 11) is 0. The predicted octanol–water partition coefficient (Wildman–Crippen LogP) is 4.01. The molecule has 0 saturated heterocycles. The van der Waals surface area contributed by atoms with Crippen molar-refractivity contribution in [2.45, 2.75) is 26.6 Å². The predicted molar refractivity (Wildman–Crippen MR) is 124 cm³/mol. The van der Waals surface area contributed by atoms with Crippen molar-refractivity contribution in [2.24, 2.45) is 0 Å². The zero-order valence-electron chi connectivity index (χ0n) is 18.3. The van der Waals surface area contributed by atoms with E-state index in [1.54, 1.807) is 44.2 Å². The van der Waals surface area contributed by atoms with E-state index in [1.807, 2.05) is 6.07 Å². The fraction of sp³-hybridized carbons (Fsp3) is 0.167. The number of hydrogen-bond donors (Lipinski definition) is 1. The second-order valence-corrected chi connectivity index (χ2v) is 7.82. The van der Waals surface area contributed by atoms with E-state index in [9.17, 15) is 14.4 Å². The van der Waals surface area contributed by atoms with Crippen molar-refractivity contribution in [3.63, 3.8) is 0 Å². The van der Waals surface area contributed by atoms with Gasteiger partial charge in [-0.1, -0.05) is 29.8 Å². The fourth-order valence-electron chi connectivity index (χ4n) is 3.11. The van der Waals surface area contributed by atoms with Gasteiger partial charge in [0.05, 0.1) is 22.0 Å². The summed E-state index contributed by atoms with van der Waals surface area (Å²) >= 11 is 6.19. The Hall–Kier alpha value is -4.11. The molecular weight excluding hydrogens is 462 g/mol. The summed E-state index contributed by atoms with van der Waals surface area (Å²) in [6.07, 6.45) is -0.805. The van der Waals surface area contributed by atoms with Crippen LogP contribution in [0.1, 0.15) is 28.7 Å². The Bertz CT molecular complexity index is 1410. The molecule has 0 bridgehead atoms. The molecule has 0 aliphatic heterocycles. The second kappa shape index (κ2) is 9.80. The molecule has 1 amide bonds. The number of esters is 1. The first-order valence-electron chi connectivity index (χ1n) is 10.3. The Labute approximate surface area is 198 Å². The van der Waals surface area contributed by atoms with E-state index in [0.29, 0.717) is 17.2 Å². The first-order valence-corrected chi connectivity index (χ1v) is 10.7. The van der Waals surface area contributed by atoms with Crippen molar-refractivity contribution in [2.75, 3.05) is 5.32 Å².